The Hall–Kier alpha value is -2.57. The molecule has 0 aliphatic heterocycles. The number of hydrogen-bond donors (Lipinski definition) is 2. The molecular formula is C13H17N3O4. The second-order valence-electron chi connectivity index (χ2n) is 3.91. The maximum Gasteiger partial charge on any atom is 0.415 e. The quantitative estimate of drug-likeness (QED) is 0.864. The first kappa shape index (κ1) is 15.5. The number of hydrogen-bond acceptors (Lipinski definition) is 4. The lowest BCUT2D eigenvalue weighted by Crippen LogP contribution is -2.41. The highest BCUT2D eigenvalue weighted by atomic mass is 16.5. The van der Waals surface area contributed by atoms with Crippen molar-refractivity contribution in [3.63, 3.8) is 0 Å². The Balaban J connectivity index is 2.33. The molecule has 20 heavy (non-hydrogen) atoms. The highest BCUT2D eigenvalue weighted by molar-refractivity contribution is 5.94. The fraction of sp³-hybridized carbons (Fsp3) is 0.308. The molecule has 1 aromatic carbocycles. The van der Waals surface area contributed by atoms with Crippen molar-refractivity contribution in [2.75, 3.05) is 25.6 Å². The molecule has 0 heterocycles. The van der Waals surface area contributed by atoms with Gasteiger partial charge in [-0.15, -0.1) is 0 Å². The zero-order valence-corrected chi connectivity index (χ0v) is 11.4. The number of urea groups is 1. The van der Waals surface area contributed by atoms with Crippen LogP contribution in [0, 0.1) is 0 Å². The van der Waals surface area contributed by atoms with Gasteiger partial charge in [0.15, 0.2) is 0 Å². The monoisotopic (exact) mass is 279 g/mol. The number of carbonyl (C=O) groups is 3. The van der Waals surface area contributed by atoms with Gasteiger partial charge < -0.3 is 15.0 Å². The van der Waals surface area contributed by atoms with Crippen molar-refractivity contribution in [3.05, 3.63) is 30.3 Å². The van der Waals surface area contributed by atoms with E-state index >= 15 is 0 Å². The van der Waals surface area contributed by atoms with Gasteiger partial charge in [-0.05, 0) is 12.1 Å². The number of nitrogens with one attached hydrogen (secondary N) is 2. The normalized spacial score (nSPS) is 9.50. The number of methoxy groups -OCH3 is 1. The lowest BCUT2D eigenvalue weighted by molar-refractivity contribution is -0.118. The molecule has 4 amide bonds. The van der Waals surface area contributed by atoms with Crippen molar-refractivity contribution in [3.8, 4) is 0 Å². The lowest BCUT2D eigenvalue weighted by atomic mass is 10.3. The maximum atomic E-state index is 11.9. The van der Waals surface area contributed by atoms with E-state index in [9.17, 15) is 14.4 Å². The Morgan fingerprint density at radius 2 is 1.85 bits per heavy atom. The Morgan fingerprint density at radius 3 is 2.45 bits per heavy atom. The van der Waals surface area contributed by atoms with Crippen molar-refractivity contribution in [2.45, 2.75) is 6.42 Å². The van der Waals surface area contributed by atoms with Crippen LogP contribution in [0.1, 0.15) is 6.42 Å². The summed E-state index contributed by atoms with van der Waals surface area (Å²) in [7, 11) is 2.81. The summed E-state index contributed by atoms with van der Waals surface area (Å²) in [6.07, 6.45) is -0.727. The predicted octanol–water partition coefficient (Wildman–Crippen LogP) is 1.11. The summed E-state index contributed by atoms with van der Waals surface area (Å²) in [6.45, 7) is 0.124. The van der Waals surface area contributed by atoms with E-state index in [1.807, 2.05) is 35.6 Å². The largest absolute Gasteiger partial charge is 0.453 e. The van der Waals surface area contributed by atoms with Gasteiger partial charge in [-0.1, -0.05) is 18.2 Å². The number of imide groups is 1. The van der Waals surface area contributed by atoms with Crippen LogP contribution in [0.5, 0.6) is 0 Å². The van der Waals surface area contributed by atoms with Crippen LogP contribution >= 0.6 is 0 Å². The van der Waals surface area contributed by atoms with Crippen molar-refractivity contribution < 1.29 is 19.1 Å². The van der Waals surface area contributed by atoms with Crippen LogP contribution < -0.4 is 15.5 Å². The molecule has 0 spiro atoms. The average Bonchev–Trinajstić information content (AvgIpc) is 2.47. The number of anilines is 1. The fourth-order valence-electron chi connectivity index (χ4n) is 1.43. The van der Waals surface area contributed by atoms with Crippen LogP contribution in [-0.2, 0) is 9.53 Å². The molecule has 7 nitrogen and oxygen atoms in total. The molecule has 0 aliphatic carbocycles. The van der Waals surface area contributed by atoms with Gasteiger partial charge in [-0.3, -0.25) is 4.79 Å². The smallest absolute Gasteiger partial charge is 0.415 e. The Labute approximate surface area is 116 Å². The van der Waals surface area contributed by atoms with Crippen molar-refractivity contribution >= 4 is 23.7 Å². The minimum Gasteiger partial charge on any atom is -0.453 e. The van der Waals surface area contributed by atoms with Crippen LogP contribution in [-0.4, -0.2) is 38.7 Å². The summed E-state index contributed by atoms with van der Waals surface area (Å²) in [6, 6.07) is 8.46. The van der Waals surface area contributed by atoms with E-state index in [4.69, 9.17) is 0 Å². The molecule has 0 radical (unpaired) electrons. The van der Waals surface area contributed by atoms with Crippen molar-refractivity contribution in [2.24, 2.45) is 0 Å². The highest BCUT2D eigenvalue weighted by Gasteiger charge is 2.11. The third-order valence-electron chi connectivity index (χ3n) is 2.54. The average molecular weight is 279 g/mol. The van der Waals surface area contributed by atoms with Gasteiger partial charge in [0.2, 0.25) is 5.91 Å². The number of rotatable bonds is 4. The Bertz CT molecular complexity index is 476. The first-order valence-electron chi connectivity index (χ1n) is 5.99. The van der Waals surface area contributed by atoms with E-state index in [2.05, 4.69) is 10.1 Å². The summed E-state index contributed by atoms with van der Waals surface area (Å²) in [4.78, 5) is 35.3. The summed E-state index contributed by atoms with van der Waals surface area (Å²) < 4.78 is 4.26. The van der Waals surface area contributed by atoms with E-state index < -0.39 is 12.1 Å². The first-order valence-corrected chi connectivity index (χ1v) is 5.99. The van der Waals surface area contributed by atoms with Gasteiger partial charge in [-0.25, -0.2) is 14.9 Å². The maximum absolute atomic E-state index is 11.9. The highest BCUT2D eigenvalue weighted by Crippen LogP contribution is 2.11. The lowest BCUT2D eigenvalue weighted by Gasteiger charge is -2.17. The summed E-state index contributed by atoms with van der Waals surface area (Å²) in [5.41, 5.74) is 0.775. The van der Waals surface area contributed by atoms with Crippen LogP contribution in [0.2, 0.25) is 0 Å². The van der Waals surface area contributed by atoms with Crippen LogP contribution in [0.15, 0.2) is 30.3 Å². The van der Waals surface area contributed by atoms with E-state index in [0.29, 0.717) is 0 Å². The SMILES string of the molecule is COC(=O)NC(=O)NCCC(=O)N(C)c1ccccc1. The molecular weight excluding hydrogens is 262 g/mol. The number of carbonyl (C=O) groups excluding carboxylic acids is 3. The molecule has 1 rings (SSSR count). The molecule has 7 heteroatoms. The van der Waals surface area contributed by atoms with Crippen molar-refractivity contribution in [1.29, 1.82) is 0 Å². The number of ether oxygens (including phenoxy) is 1. The molecule has 108 valence electrons. The van der Waals surface area contributed by atoms with Gasteiger partial charge in [0.25, 0.3) is 0 Å². The third kappa shape index (κ3) is 4.97. The minimum atomic E-state index is -0.852. The Morgan fingerprint density at radius 1 is 1.20 bits per heavy atom. The summed E-state index contributed by atoms with van der Waals surface area (Å²) >= 11 is 0. The molecule has 0 atom stereocenters. The minimum absolute atomic E-state index is 0.124. The summed E-state index contributed by atoms with van der Waals surface area (Å²) in [5.74, 6) is -0.144. The zero-order valence-electron chi connectivity index (χ0n) is 11.4. The van der Waals surface area contributed by atoms with E-state index in [0.717, 1.165) is 12.8 Å². The van der Waals surface area contributed by atoms with Crippen LogP contribution in [0.4, 0.5) is 15.3 Å². The molecule has 0 saturated heterocycles. The van der Waals surface area contributed by atoms with Crippen molar-refractivity contribution in [1.82, 2.24) is 10.6 Å². The predicted molar refractivity (Wildman–Crippen MR) is 73.4 cm³/mol. The number of alkyl carbamates (subject to hydrolysis) is 1. The molecule has 0 fully saturated rings. The molecule has 0 unspecified atom stereocenters. The second kappa shape index (κ2) is 7.78. The molecule has 0 aromatic heterocycles. The second-order valence-corrected chi connectivity index (χ2v) is 3.91. The van der Waals surface area contributed by atoms with Gasteiger partial charge >= 0.3 is 12.1 Å². The summed E-state index contributed by atoms with van der Waals surface area (Å²) in [5, 5.41) is 4.31. The number of nitrogens with zero attached hydrogens (tertiary/aromatic N) is 1. The number of benzene rings is 1. The molecule has 1 aromatic rings. The third-order valence-corrected chi connectivity index (χ3v) is 2.54. The molecule has 2 N–H and O–H groups in total. The van der Waals surface area contributed by atoms with Gasteiger partial charge in [-0.2, -0.15) is 0 Å². The molecule has 0 bridgehead atoms. The fourth-order valence-corrected chi connectivity index (χ4v) is 1.43. The van der Waals surface area contributed by atoms with E-state index in [-0.39, 0.29) is 18.9 Å². The number of amides is 4. The topological polar surface area (TPSA) is 87.7 Å². The van der Waals surface area contributed by atoms with Gasteiger partial charge in [0.05, 0.1) is 7.11 Å². The standard InChI is InChI=1S/C13H17N3O4/c1-16(10-6-4-3-5-7-10)11(17)8-9-14-12(18)15-13(19)20-2/h3-7H,8-9H2,1-2H3,(H2,14,15,18,19). The molecule has 0 aliphatic rings. The van der Waals surface area contributed by atoms with Crippen LogP contribution in [0.3, 0.4) is 0 Å². The zero-order chi connectivity index (χ0) is 15.0. The molecule has 0 saturated carbocycles. The van der Waals surface area contributed by atoms with E-state index in [1.165, 1.54) is 4.90 Å². The van der Waals surface area contributed by atoms with Crippen LogP contribution in [0.25, 0.3) is 0 Å². The first-order chi connectivity index (χ1) is 9.54. The number of para-hydroxylation sites is 1. The van der Waals surface area contributed by atoms with Gasteiger partial charge in [0, 0.05) is 25.7 Å². The van der Waals surface area contributed by atoms with E-state index in [1.54, 1.807) is 7.05 Å². The van der Waals surface area contributed by atoms with Gasteiger partial charge in [0.1, 0.15) is 0 Å². The Kier molecular flexibility index (Phi) is 6.02.